The Kier molecular flexibility index (Phi) is 6.66. The molecule has 0 aromatic rings. The molecule has 0 unspecified atom stereocenters. The van der Waals surface area contributed by atoms with E-state index in [1.54, 1.807) is 6.08 Å². The molecule has 0 saturated carbocycles. The van der Waals surface area contributed by atoms with E-state index >= 15 is 0 Å². The Morgan fingerprint density at radius 3 is 2.70 bits per heavy atom. The Balaban J connectivity index is 2.75. The van der Waals surface area contributed by atoms with Gasteiger partial charge in [0, 0.05) is 13.5 Å². The highest BCUT2D eigenvalue weighted by molar-refractivity contribution is 5.93. The zero-order valence-corrected chi connectivity index (χ0v) is 11.4. The molecule has 0 bridgehead atoms. The first-order valence-corrected chi connectivity index (χ1v) is 6.43. The molecule has 0 spiro atoms. The lowest BCUT2D eigenvalue weighted by atomic mass is 9.93. The van der Waals surface area contributed by atoms with E-state index in [2.05, 4.69) is 5.32 Å². The number of rotatable bonds is 8. The maximum absolute atomic E-state index is 12.1. The number of carbonyl (C=O) groups is 3. The van der Waals surface area contributed by atoms with Crippen LogP contribution in [0.3, 0.4) is 0 Å². The van der Waals surface area contributed by atoms with E-state index in [-0.39, 0.29) is 25.2 Å². The lowest BCUT2D eigenvalue weighted by molar-refractivity contribution is -0.138. The maximum atomic E-state index is 12.1. The molecule has 0 radical (unpaired) electrons. The number of aliphatic carboxylic acids is 1. The summed E-state index contributed by atoms with van der Waals surface area (Å²) in [5.41, 5.74) is 0.798. The summed E-state index contributed by atoms with van der Waals surface area (Å²) in [6.07, 6.45) is 6.73. The van der Waals surface area contributed by atoms with E-state index < -0.39 is 17.9 Å². The lowest BCUT2D eigenvalue weighted by Gasteiger charge is -2.21. The molecule has 0 aromatic carbocycles. The van der Waals surface area contributed by atoms with Crippen LogP contribution >= 0.6 is 0 Å². The first-order valence-electron chi connectivity index (χ1n) is 6.43. The Labute approximate surface area is 117 Å². The quantitative estimate of drug-likeness (QED) is 0.687. The lowest BCUT2D eigenvalue weighted by Crippen LogP contribution is -2.44. The summed E-state index contributed by atoms with van der Waals surface area (Å²) >= 11 is 0. The van der Waals surface area contributed by atoms with Crippen LogP contribution in [0.5, 0.6) is 0 Å². The number of ketones is 1. The van der Waals surface area contributed by atoms with Gasteiger partial charge in [-0.15, -0.1) is 0 Å². The van der Waals surface area contributed by atoms with Gasteiger partial charge >= 0.3 is 5.97 Å². The van der Waals surface area contributed by atoms with Crippen LogP contribution < -0.4 is 5.32 Å². The number of amides is 1. The van der Waals surface area contributed by atoms with Gasteiger partial charge in [0.05, 0.1) is 6.42 Å². The molecule has 1 aliphatic carbocycles. The molecule has 0 heterocycles. The van der Waals surface area contributed by atoms with Crippen LogP contribution in [0.15, 0.2) is 23.8 Å². The molecule has 1 atom stereocenters. The van der Waals surface area contributed by atoms with Gasteiger partial charge in [0.15, 0.2) is 5.78 Å². The van der Waals surface area contributed by atoms with Gasteiger partial charge in [-0.3, -0.25) is 14.4 Å². The third kappa shape index (κ3) is 5.36. The van der Waals surface area contributed by atoms with Crippen molar-refractivity contribution in [2.24, 2.45) is 0 Å². The third-order valence-corrected chi connectivity index (χ3v) is 2.90. The Hall–Kier alpha value is -1.95. The fraction of sp³-hybridized carbons (Fsp3) is 0.500. The van der Waals surface area contributed by atoms with Gasteiger partial charge in [0.2, 0.25) is 5.91 Å². The highest BCUT2D eigenvalue weighted by Gasteiger charge is 2.25. The van der Waals surface area contributed by atoms with E-state index in [1.807, 2.05) is 12.2 Å². The summed E-state index contributed by atoms with van der Waals surface area (Å²) in [5.74, 6) is -1.71. The number of ether oxygens (including phenoxy) is 1. The van der Waals surface area contributed by atoms with E-state index in [1.165, 1.54) is 7.11 Å². The second-order valence-corrected chi connectivity index (χ2v) is 4.50. The van der Waals surface area contributed by atoms with E-state index in [0.717, 1.165) is 12.0 Å². The second-order valence-electron chi connectivity index (χ2n) is 4.50. The van der Waals surface area contributed by atoms with Crippen LogP contribution in [0.4, 0.5) is 0 Å². The largest absolute Gasteiger partial charge is 0.481 e. The van der Waals surface area contributed by atoms with Crippen LogP contribution in [0, 0.1) is 0 Å². The number of methoxy groups -OCH3 is 1. The van der Waals surface area contributed by atoms with Crippen LogP contribution in [-0.4, -0.2) is 42.5 Å². The number of carboxylic acids is 1. The third-order valence-electron chi connectivity index (χ3n) is 2.90. The number of hydrogen-bond acceptors (Lipinski definition) is 4. The molecular formula is C14H19NO5. The van der Waals surface area contributed by atoms with Crippen molar-refractivity contribution in [1.29, 1.82) is 0 Å². The van der Waals surface area contributed by atoms with Gasteiger partial charge in [0.1, 0.15) is 12.6 Å². The van der Waals surface area contributed by atoms with Gasteiger partial charge in [-0.2, -0.15) is 0 Å². The van der Waals surface area contributed by atoms with E-state index in [0.29, 0.717) is 6.42 Å². The Morgan fingerprint density at radius 1 is 1.40 bits per heavy atom. The summed E-state index contributed by atoms with van der Waals surface area (Å²) in [6, 6.07) is -0.762. The van der Waals surface area contributed by atoms with E-state index in [9.17, 15) is 14.4 Å². The van der Waals surface area contributed by atoms with Crippen molar-refractivity contribution < 1.29 is 24.2 Å². The van der Waals surface area contributed by atoms with Crippen LogP contribution in [0.1, 0.15) is 25.7 Å². The zero-order chi connectivity index (χ0) is 15.0. The standard InChI is InChI=1S/C14H19NO5/c1-20-9-12(17)15-14(10-5-3-2-4-6-10)11(16)7-8-13(18)19/h2-3,5,14H,4,6-9H2,1H3,(H,15,17)(H,18,19)/t14-/m1/s1. The topological polar surface area (TPSA) is 92.7 Å². The number of carbonyl (C=O) groups excluding carboxylic acids is 2. The average Bonchev–Trinajstić information content (AvgIpc) is 2.43. The molecule has 0 saturated heterocycles. The number of hydrogen-bond donors (Lipinski definition) is 2. The number of carboxylic acid groups (broad SMARTS) is 1. The monoisotopic (exact) mass is 281 g/mol. The molecule has 6 nitrogen and oxygen atoms in total. The highest BCUT2D eigenvalue weighted by atomic mass is 16.5. The number of allylic oxidation sites excluding steroid dienone is 3. The van der Waals surface area contributed by atoms with Gasteiger partial charge in [-0.25, -0.2) is 0 Å². The van der Waals surface area contributed by atoms with Crippen molar-refractivity contribution in [3.8, 4) is 0 Å². The SMILES string of the molecule is COCC(=O)N[C@@H](C(=O)CCC(=O)O)C1=CC=CCC1. The summed E-state index contributed by atoms with van der Waals surface area (Å²) in [5, 5.41) is 11.2. The highest BCUT2D eigenvalue weighted by Crippen LogP contribution is 2.18. The Bertz CT molecular complexity index is 439. The number of Topliss-reactive ketones (excluding diaryl/α,β-unsaturated/α-hetero) is 1. The second kappa shape index (κ2) is 8.27. The zero-order valence-electron chi connectivity index (χ0n) is 11.4. The predicted octanol–water partition coefficient (Wildman–Crippen LogP) is 0.828. The normalized spacial score (nSPS) is 15.3. The molecule has 1 aliphatic rings. The minimum Gasteiger partial charge on any atom is -0.481 e. The van der Waals surface area contributed by atoms with Crippen LogP contribution in [0.2, 0.25) is 0 Å². The minimum atomic E-state index is -1.03. The van der Waals surface area contributed by atoms with Crippen molar-refractivity contribution in [3.05, 3.63) is 23.8 Å². The van der Waals surface area contributed by atoms with Gasteiger partial charge < -0.3 is 15.2 Å². The fourth-order valence-electron chi connectivity index (χ4n) is 1.95. The number of nitrogens with one attached hydrogen (secondary N) is 1. The van der Waals surface area contributed by atoms with Crippen LogP contribution in [-0.2, 0) is 19.1 Å². The molecule has 20 heavy (non-hydrogen) atoms. The molecular weight excluding hydrogens is 262 g/mol. The summed E-state index contributed by atoms with van der Waals surface area (Å²) in [7, 11) is 1.39. The van der Waals surface area contributed by atoms with Crippen LogP contribution in [0.25, 0.3) is 0 Å². The first-order chi connectivity index (χ1) is 9.54. The van der Waals surface area contributed by atoms with E-state index in [4.69, 9.17) is 9.84 Å². The molecule has 0 aromatic heterocycles. The summed E-state index contributed by atoms with van der Waals surface area (Å²) in [6.45, 7) is -0.133. The fourth-order valence-corrected chi connectivity index (χ4v) is 1.95. The van der Waals surface area contributed by atoms with Crippen molar-refractivity contribution >= 4 is 17.7 Å². The first kappa shape index (κ1) is 16.1. The minimum absolute atomic E-state index is 0.103. The van der Waals surface area contributed by atoms with Crippen molar-refractivity contribution in [1.82, 2.24) is 5.32 Å². The molecule has 0 fully saturated rings. The smallest absolute Gasteiger partial charge is 0.303 e. The van der Waals surface area contributed by atoms with Crippen molar-refractivity contribution in [2.45, 2.75) is 31.7 Å². The van der Waals surface area contributed by atoms with Crippen molar-refractivity contribution in [3.63, 3.8) is 0 Å². The molecule has 0 aliphatic heterocycles. The van der Waals surface area contributed by atoms with Crippen molar-refractivity contribution in [2.75, 3.05) is 13.7 Å². The molecule has 110 valence electrons. The summed E-state index contributed by atoms with van der Waals surface area (Å²) < 4.78 is 4.72. The summed E-state index contributed by atoms with van der Waals surface area (Å²) in [4.78, 5) is 34.2. The maximum Gasteiger partial charge on any atom is 0.303 e. The van der Waals surface area contributed by atoms with Gasteiger partial charge in [-0.05, 0) is 18.4 Å². The molecule has 1 amide bonds. The Morgan fingerprint density at radius 2 is 2.15 bits per heavy atom. The average molecular weight is 281 g/mol. The molecule has 6 heteroatoms. The predicted molar refractivity (Wildman–Crippen MR) is 72.1 cm³/mol. The van der Waals surface area contributed by atoms with Gasteiger partial charge in [0.25, 0.3) is 0 Å². The molecule has 1 rings (SSSR count). The van der Waals surface area contributed by atoms with Gasteiger partial charge in [-0.1, -0.05) is 18.2 Å². The molecule has 2 N–H and O–H groups in total.